The maximum absolute atomic E-state index is 13.7. The van der Waals surface area contributed by atoms with Crippen molar-refractivity contribution in [2.45, 2.75) is 23.8 Å². The van der Waals surface area contributed by atoms with Gasteiger partial charge < -0.3 is 4.90 Å². The lowest BCUT2D eigenvalue weighted by Crippen LogP contribution is -2.34. The van der Waals surface area contributed by atoms with E-state index in [1.54, 1.807) is 4.90 Å². The van der Waals surface area contributed by atoms with Crippen LogP contribution in [0.25, 0.3) is 0 Å². The van der Waals surface area contributed by atoms with Gasteiger partial charge in [0.05, 0.1) is 16.1 Å². The Morgan fingerprint density at radius 1 is 1.32 bits per heavy atom. The molecule has 22 heavy (non-hydrogen) atoms. The molecule has 4 nitrogen and oxygen atoms in total. The van der Waals surface area contributed by atoms with Crippen LogP contribution in [0.2, 0.25) is 5.02 Å². The van der Waals surface area contributed by atoms with Crippen LogP contribution in [0, 0.1) is 11.6 Å². The molecule has 0 atom stereocenters. The third-order valence-electron chi connectivity index (χ3n) is 2.99. The van der Waals surface area contributed by atoms with E-state index < -0.39 is 11.6 Å². The fraction of sp³-hybridized carbons (Fsp3) is 0.286. The minimum atomic E-state index is -0.703. The molecule has 0 saturated carbocycles. The Hall–Kier alpha value is -1.60. The van der Waals surface area contributed by atoms with E-state index in [1.807, 2.05) is 13.8 Å². The smallest absolute Gasteiger partial charge is 0.323 e. The molecule has 1 heterocycles. The number of halogens is 3. The van der Waals surface area contributed by atoms with Crippen molar-refractivity contribution in [3.8, 4) is 0 Å². The van der Waals surface area contributed by atoms with Gasteiger partial charge in [-0.2, -0.15) is 9.78 Å². The molecule has 2 aromatic rings. The quantitative estimate of drug-likeness (QED) is 0.830. The van der Waals surface area contributed by atoms with Gasteiger partial charge in [0, 0.05) is 13.1 Å². The monoisotopic (exact) mass is 345 g/mol. The zero-order chi connectivity index (χ0) is 16.3. The number of carbonyl (C=O) groups excluding carboxylic acids is 1. The highest BCUT2D eigenvalue weighted by Crippen LogP contribution is 2.35. The summed E-state index contributed by atoms with van der Waals surface area (Å²) < 4.78 is 28.4. The predicted molar refractivity (Wildman–Crippen MR) is 81.4 cm³/mol. The van der Waals surface area contributed by atoms with Crippen molar-refractivity contribution in [1.29, 1.82) is 0 Å². The topological polar surface area (TPSA) is 38.1 Å². The van der Waals surface area contributed by atoms with Crippen LogP contribution in [0.1, 0.15) is 13.8 Å². The maximum Gasteiger partial charge on any atom is 0.344 e. The normalized spacial score (nSPS) is 10.8. The summed E-state index contributed by atoms with van der Waals surface area (Å²) in [5, 5.41) is 4.36. The summed E-state index contributed by atoms with van der Waals surface area (Å²) in [7, 11) is 0. The number of hydrogen-bond donors (Lipinski definition) is 0. The van der Waals surface area contributed by atoms with Gasteiger partial charge in [-0.25, -0.2) is 13.6 Å². The lowest BCUT2D eigenvalue weighted by molar-refractivity contribution is 0.201. The van der Waals surface area contributed by atoms with Gasteiger partial charge in [0.15, 0.2) is 0 Å². The minimum absolute atomic E-state index is 0.160. The van der Waals surface area contributed by atoms with Crippen LogP contribution >= 0.6 is 23.4 Å². The first kappa shape index (κ1) is 16.8. The number of benzene rings is 1. The van der Waals surface area contributed by atoms with E-state index in [1.165, 1.54) is 12.3 Å². The first-order chi connectivity index (χ1) is 10.5. The number of rotatable bonds is 4. The Balaban J connectivity index is 2.29. The van der Waals surface area contributed by atoms with Gasteiger partial charge in [0.25, 0.3) is 0 Å². The van der Waals surface area contributed by atoms with Crippen molar-refractivity contribution in [2.75, 3.05) is 13.1 Å². The zero-order valence-corrected chi connectivity index (χ0v) is 13.6. The van der Waals surface area contributed by atoms with Crippen LogP contribution in [0.5, 0.6) is 0 Å². The standard InChI is InChI=1S/C14H14ClF2N3OS/c1-3-19(4-2)14(21)20-8-9(15)13(18-20)22-12-10(16)6-5-7-11(12)17/h5-8H,3-4H2,1-2H3. The summed E-state index contributed by atoms with van der Waals surface area (Å²) in [5.74, 6) is -1.41. The molecule has 0 aliphatic heterocycles. The SMILES string of the molecule is CCN(CC)C(=O)n1cc(Cl)c(Sc2c(F)cccc2F)n1. The average Bonchev–Trinajstić information content (AvgIpc) is 2.85. The highest BCUT2D eigenvalue weighted by Gasteiger charge is 2.19. The van der Waals surface area contributed by atoms with Gasteiger partial charge in [-0.3, -0.25) is 0 Å². The second kappa shape index (κ2) is 7.11. The largest absolute Gasteiger partial charge is 0.344 e. The molecule has 2 rings (SSSR count). The summed E-state index contributed by atoms with van der Waals surface area (Å²) in [6.07, 6.45) is 1.34. The molecule has 118 valence electrons. The summed E-state index contributed by atoms with van der Waals surface area (Å²) in [4.78, 5) is 13.5. The molecule has 0 fully saturated rings. The van der Waals surface area contributed by atoms with E-state index in [4.69, 9.17) is 11.6 Å². The Morgan fingerprint density at radius 3 is 2.45 bits per heavy atom. The number of nitrogens with zero attached hydrogens (tertiary/aromatic N) is 3. The second-order valence-corrected chi connectivity index (χ2v) is 5.74. The van der Waals surface area contributed by atoms with Crippen molar-refractivity contribution >= 4 is 29.4 Å². The molecular formula is C14H14ClF2N3OS. The number of aromatic nitrogens is 2. The van der Waals surface area contributed by atoms with E-state index in [0.717, 1.165) is 28.6 Å². The molecule has 0 radical (unpaired) electrons. The van der Waals surface area contributed by atoms with Gasteiger partial charge in [-0.15, -0.1) is 0 Å². The molecule has 0 spiro atoms. The summed E-state index contributed by atoms with van der Waals surface area (Å²) >= 11 is 6.76. The Kier molecular flexibility index (Phi) is 5.42. The lowest BCUT2D eigenvalue weighted by Gasteiger charge is -2.17. The average molecular weight is 346 g/mol. The van der Waals surface area contributed by atoms with Gasteiger partial charge in [-0.05, 0) is 26.0 Å². The van der Waals surface area contributed by atoms with E-state index in [0.29, 0.717) is 13.1 Å². The lowest BCUT2D eigenvalue weighted by atomic mass is 10.3. The van der Waals surface area contributed by atoms with Gasteiger partial charge >= 0.3 is 6.03 Å². The summed E-state index contributed by atoms with van der Waals surface area (Å²) in [6, 6.07) is 3.24. The molecule has 1 aromatic carbocycles. The minimum Gasteiger partial charge on any atom is -0.323 e. The van der Waals surface area contributed by atoms with E-state index in [-0.39, 0.29) is 21.0 Å². The van der Waals surface area contributed by atoms with E-state index in [2.05, 4.69) is 5.10 Å². The second-order valence-electron chi connectivity index (χ2n) is 4.33. The number of carbonyl (C=O) groups is 1. The van der Waals surface area contributed by atoms with E-state index in [9.17, 15) is 13.6 Å². The van der Waals surface area contributed by atoms with Gasteiger partial charge in [0.1, 0.15) is 16.7 Å². The fourth-order valence-corrected chi connectivity index (χ4v) is 2.87. The summed E-state index contributed by atoms with van der Waals surface area (Å²) in [6.45, 7) is 4.74. The van der Waals surface area contributed by atoms with E-state index >= 15 is 0 Å². The Morgan fingerprint density at radius 2 is 1.91 bits per heavy atom. The molecule has 8 heteroatoms. The maximum atomic E-state index is 13.7. The van der Waals surface area contributed by atoms with Crippen molar-refractivity contribution in [2.24, 2.45) is 0 Å². The van der Waals surface area contributed by atoms with Crippen molar-refractivity contribution < 1.29 is 13.6 Å². The van der Waals surface area contributed by atoms with Crippen LogP contribution in [0.3, 0.4) is 0 Å². The van der Waals surface area contributed by atoms with Crippen LogP contribution in [0.15, 0.2) is 34.3 Å². The van der Waals surface area contributed by atoms with Gasteiger partial charge in [0.2, 0.25) is 0 Å². The fourth-order valence-electron chi connectivity index (χ4n) is 1.82. The van der Waals surface area contributed by atoms with Crippen molar-refractivity contribution in [3.05, 3.63) is 41.1 Å². The van der Waals surface area contributed by atoms with Crippen LogP contribution < -0.4 is 0 Å². The first-order valence-corrected chi connectivity index (χ1v) is 7.83. The molecule has 0 saturated heterocycles. The van der Waals surface area contributed by atoms with Crippen molar-refractivity contribution in [1.82, 2.24) is 14.7 Å². The highest BCUT2D eigenvalue weighted by molar-refractivity contribution is 7.99. The molecule has 0 aliphatic rings. The molecule has 0 bridgehead atoms. The summed E-state index contributed by atoms with van der Waals surface area (Å²) in [5.41, 5.74) is 0. The Bertz CT molecular complexity index is 668. The third kappa shape index (κ3) is 3.41. The Labute approximate surface area is 136 Å². The van der Waals surface area contributed by atoms with Crippen LogP contribution in [-0.4, -0.2) is 33.8 Å². The first-order valence-electron chi connectivity index (χ1n) is 6.64. The molecule has 0 N–H and O–H groups in total. The van der Waals surface area contributed by atoms with Crippen LogP contribution in [0.4, 0.5) is 13.6 Å². The van der Waals surface area contributed by atoms with Crippen LogP contribution in [-0.2, 0) is 0 Å². The molecule has 1 aromatic heterocycles. The zero-order valence-electron chi connectivity index (χ0n) is 12.0. The molecule has 0 unspecified atom stereocenters. The third-order valence-corrected chi connectivity index (χ3v) is 4.46. The molecule has 0 aliphatic carbocycles. The predicted octanol–water partition coefficient (Wildman–Crippen LogP) is 4.28. The molecule has 1 amide bonds. The molecular weight excluding hydrogens is 332 g/mol. The number of amides is 1. The number of hydrogen-bond acceptors (Lipinski definition) is 3. The highest BCUT2D eigenvalue weighted by atomic mass is 35.5. The van der Waals surface area contributed by atoms with Crippen molar-refractivity contribution in [3.63, 3.8) is 0 Å². The van der Waals surface area contributed by atoms with Gasteiger partial charge in [-0.1, -0.05) is 29.4 Å².